The largest absolute Gasteiger partial charge is 0.390 e. The molecule has 96 valence electrons. The molecule has 0 fully saturated rings. The minimum Gasteiger partial charge on any atom is -0.390 e. The van der Waals surface area contributed by atoms with Crippen LogP contribution < -0.4 is 5.32 Å². The van der Waals surface area contributed by atoms with Gasteiger partial charge in [-0.15, -0.1) is 11.6 Å². The third kappa shape index (κ3) is 4.16. The van der Waals surface area contributed by atoms with Crippen molar-refractivity contribution in [1.29, 1.82) is 0 Å². The minimum atomic E-state index is -4.18. The first-order valence-electron chi connectivity index (χ1n) is 4.90. The summed E-state index contributed by atoms with van der Waals surface area (Å²) < 4.78 is 30.6. The van der Waals surface area contributed by atoms with Crippen LogP contribution in [0.15, 0.2) is 23.1 Å². The third-order valence-corrected chi connectivity index (χ3v) is 3.41. The van der Waals surface area contributed by atoms with Gasteiger partial charge in [-0.2, -0.15) is 8.42 Å². The third-order valence-electron chi connectivity index (χ3n) is 2.20. The van der Waals surface area contributed by atoms with Crippen molar-refractivity contribution >= 4 is 27.4 Å². The molecule has 0 bridgehead atoms. The second kappa shape index (κ2) is 5.68. The van der Waals surface area contributed by atoms with E-state index in [4.69, 9.17) is 16.2 Å². The summed E-state index contributed by atoms with van der Waals surface area (Å²) in [4.78, 5) is -0.154. The van der Waals surface area contributed by atoms with E-state index in [2.05, 4.69) is 5.32 Å². The van der Waals surface area contributed by atoms with Crippen LogP contribution in [0.4, 0.5) is 5.69 Å². The molecule has 0 spiro atoms. The van der Waals surface area contributed by atoms with Gasteiger partial charge in [0.05, 0.1) is 16.9 Å². The number of halogens is 1. The molecule has 0 aliphatic heterocycles. The van der Waals surface area contributed by atoms with Gasteiger partial charge in [0.2, 0.25) is 0 Å². The van der Waals surface area contributed by atoms with Gasteiger partial charge in [0.25, 0.3) is 10.1 Å². The van der Waals surface area contributed by atoms with E-state index in [0.29, 0.717) is 11.3 Å². The van der Waals surface area contributed by atoms with Gasteiger partial charge >= 0.3 is 0 Å². The zero-order valence-electron chi connectivity index (χ0n) is 9.22. The maximum atomic E-state index is 10.9. The average Bonchev–Trinajstić information content (AvgIpc) is 2.25. The molecule has 0 radical (unpaired) electrons. The van der Waals surface area contributed by atoms with Crippen molar-refractivity contribution in [1.82, 2.24) is 0 Å². The Balaban J connectivity index is 2.84. The lowest BCUT2D eigenvalue weighted by Crippen LogP contribution is -2.21. The molecule has 17 heavy (non-hydrogen) atoms. The number of anilines is 1. The Morgan fingerprint density at radius 2 is 2.12 bits per heavy atom. The van der Waals surface area contributed by atoms with Crippen LogP contribution >= 0.6 is 11.6 Å². The van der Waals surface area contributed by atoms with Crippen LogP contribution in [0.2, 0.25) is 0 Å². The number of hydrogen-bond acceptors (Lipinski definition) is 4. The quantitative estimate of drug-likeness (QED) is 0.558. The molecule has 0 aliphatic carbocycles. The second-order valence-corrected chi connectivity index (χ2v) is 5.37. The summed E-state index contributed by atoms with van der Waals surface area (Å²) in [5.41, 5.74) is 1.34. The van der Waals surface area contributed by atoms with Gasteiger partial charge in [0.1, 0.15) is 0 Å². The molecule has 3 N–H and O–H groups in total. The fraction of sp³-hybridized carbons (Fsp3) is 0.400. The van der Waals surface area contributed by atoms with E-state index < -0.39 is 16.2 Å². The molecular weight excluding hydrogens is 266 g/mol. The molecule has 0 saturated carbocycles. The van der Waals surface area contributed by atoms with Crippen LogP contribution in [0, 0.1) is 6.92 Å². The Morgan fingerprint density at radius 1 is 1.47 bits per heavy atom. The lowest BCUT2D eigenvalue weighted by atomic mass is 10.2. The Morgan fingerprint density at radius 3 is 2.59 bits per heavy atom. The Bertz CT molecular complexity index is 489. The lowest BCUT2D eigenvalue weighted by molar-refractivity contribution is 0.211. The first-order valence-corrected chi connectivity index (χ1v) is 6.88. The highest BCUT2D eigenvalue weighted by Gasteiger charge is 2.11. The summed E-state index contributed by atoms with van der Waals surface area (Å²) in [6.07, 6.45) is -0.669. The number of nitrogens with one attached hydrogen (secondary N) is 1. The van der Waals surface area contributed by atoms with Gasteiger partial charge in [-0.1, -0.05) is 0 Å². The Kier molecular flexibility index (Phi) is 4.76. The molecule has 7 heteroatoms. The highest BCUT2D eigenvalue weighted by Crippen LogP contribution is 2.19. The van der Waals surface area contributed by atoms with Crippen LogP contribution in [0.1, 0.15) is 5.56 Å². The van der Waals surface area contributed by atoms with Crippen molar-refractivity contribution in [2.24, 2.45) is 0 Å². The summed E-state index contributed by atoms with van der Waals surface area (Å²) in [7, 11) is -4.18. The Labute approximate surface area is 105 Å². The number of hydrogen-bond donors (Lipinski definition) is 3. The van der Waals surface area contributed by atoms with Crippen LogP contribution in [-0.2, 0) is 10.1 Å². The maximum absolute atomic E-state index is 10.9. The molecule has 5 nitrogen and oxygen atoms in total. The van der Waals surface area contributed by atoms with Gasteiger partial charge in [0, 0.05) is 12.2 Å². The molecule has 1 atom stereocenters. The molecule has 0 saturated heterocycles. The summed E-state index contributed by atoms with van der Waals surface area (Å²) in [5.74, 6) is 0.120. The smallest absolute Gasteiger partial charge is 0.294 e. The normalized spacial score (nSPS) is 13.4. The maximum Gasteiger partial charge on any atom is 0.294 e. The van der Waals surface area contributed by atoms with Crippen molar-refractivity contribution in [3.05, 3.63) is 23.8 Å². The number of aryl methyl sites for hydroxylation is 1. The topological polar surface area (TPSA) is 86.6 Å². The van der Waals surface area contributed by atoms with Crippen LogP contribution in [-0.4, -0.2) is 36.6 Å². The number of benzene rings is 1. The SMILES string of the molecule is Cc1cc(S(=O)(=O)O)ccc1NCC(O)CCl. The number of rotatable bonds is 5. The van der Waals surface area contributed by atoms with Crippen LogP contribution in [0.5, 0.6) is 0 Å². The van der Waals surface area contributed by atoms with E-state index in [9.17, 15) is 13.5 Å². The molecule has 0 heterocycles. The summed E-state index contributed by atoms with van der Waals surface area (Å²) in [5, 5.41) is 12.2. The van der Waals surface area contributed by atoms with E-state index in [-0.39, 0.29) is 17.3 Å². The number of alkyl halides is 1. The Hall–Kier alpha value is -0.820. The zero-order chi connectivity index (χ0) is 13.1. The second-order valence-electron chi connectivity index (χ2n) is 3.64. The molecule has 1 rings (SSSR count). The van der Waals surface area contributed by atoms with Crippen molar-refractivity contribution in [2.75, 3.05) is 17.7 Å². The van der Waals surface area contributed by atoms with Crippen LogP contribution in [0.3, 0.4) is 0 Å². The number of aliphatic hydroxyl groups is 1. The van der Waals surface area contributed by atoms with Gasteiger partial charge in [-0.3, -0.25) is 4.55 Å². The summed E-state index contributed by atoms with van der Waals surface area (Å²) in [6.45, 7) is 1.97. The van der Waals surface area contributed by atoms with E-state index in [0.717, 1.165) is 0 Å². The predicted octanol–water partition coefficient (Wildman–Crippen LogP) is 1.25. The highest BCUT2D eigenvalue weighted by atomic mass is 35.5. The fourth-order valence-corrected chi connectivity index (χ4v) is 1.95. The van der Waals surface area contributed by atoms with Gasteiger partial charge in [-0.05, 0) is 30.7 Å². The standard InChI is InChI=1S/C10H14ClNO4S/c1-7-4-9(17(14,15)16)2-3-10(7)12-6-8(13)5-11/h2-4,8,12-13H,5-6H2,1H3,(H,14,15,16). The van der Waals surface area contributed by atoms with E-state index in [1.807, 2.05) is 0 Å². The first kappa shape index (κ1) is 14.2. The molecule has 1 aromatic rings. The molecule has 0 amide bonds. The monoisotopic (exact) mass is 279 g/mol. The fourth-order valence-electron chi connectivity index (χ4n) is 1.28. The van der Waals surface area contributed by atoms with Crippen molar-refractivity contribution in [3.8, 4) is 0 Å². The van der Waals surface area contributed by atoms with Crippen molar-refractivity contribution in [2.45, 2.75) is 17.9 Å². The minimum absolute atomic E-state index is 0.120. The molecule has 0 aromatic heterocycles. The lowest BCUT2D eigenvalue weighted by Gasteiger charge is -2.12. The van der Waals surface area contributed by atoms with Crippen molar-refractivity contribution < 1.29 is 18.1 Å². The molecular formula is C10H14ClNO4S. The summed E-state index contributed by atoms with van der Waals surface area (Å²) in [6, 6.07) is 4.17. The highest BCUT2D eigenvalue weighted by molar-refractivity contribution is 7.85. The average molecular weight is 280 g/mol. The number of aliphatic hydroxyl groups excluding tert-OH is 1. The first-order chi connectivity index (χ1) is 7.84. The zero-order valence-corrected chi connectivity index (χ0v) is 10.8. The molecule has 1 unspecified atom stereocenters. The van der Waals surface area contributed by atoms with Crippen LogP contribution in [0.25, 0.3) is 0 Å². The van der Waals surface area contributed by atoms with Gasteiger partial charge in [-0.25, -0.2) is 0 Å². The van der Waals surface area contributed by atoms with E-state index in [1.54, 1.807) is 6.92 Å². The van der Waals surface area contributed by atoms with E-state index >= 15 is 0 Å². The summed E-state index contributed by atoms with van der Waals surface area (Å²) >= 11 is 5.44. The van der Waals surface area contributed by atoms with E-state index in [1.165, 1.54) is 18.2 Å². The van der Waals surface area contributed by atoms with Crippen molar-refractivity contribution in [3.63, 3.8) is 0 Å². The van der Waals surface area contributed by atoms with Gasteiger partial charge < -0.3 is 10.4 Å². The molecule has 0 aliphatic rings. The predicted molar refractivity (Wildman–Crippen MR) is 66.2 cm³/mol. The van der Waals surface area contributed by atoms with Gasteiger partial charge in [0.15, 0.2) is 0 Å². The molecule has 1 aromatic carbocycles.